The smallest absolute Gasteiger partial charge is 0.176 e. The van der Waals surface area contributed by atoms with Crippen LogP contribution in [0.1, 0.15) is 0 Å². The predicted molar refractivity (Wildman–Crippen MR) is 56.5 cm³/mol. The molecule has 2 heterocycles. The molecule has 0 aliphatic heterocycles. The lowest BCUT2D eigenvalue weighted by Crippen LogP contribution is -1.92. The summed E-state index contributed by atoms with van der Waals surface area (Å²) < 4.78 is 2.04. The fourth-order valence-corrected chi connectivity index (χ4v) is 2.51. The van der Waals surface area contributed by atoms with Crippen molar-refractivity contribution >= 4 is 39.3 Å². The van der Waals surface area contributed by atoms with Gasteiger partial charge in [0, 0.05) is 7.05 Å². The zero-order valence-corrected chi connectivity index (χ0v) is 8.87. The summed E-state index contributed by atoms with van der Waals surface area (Å²) in [6, 6.07) is 0. The van der Waals surface area contributed by atoms with Crippen LogP contribution in [0.25, 0.3) is 10.3 Å². The van der Waals surface area contributed by atoms with Crippen molar-refractivity contribution in [3.05, 3.63) is 6.33 Å². The van der Waals surface area contributed by atoms with Gasteiger partial charge in [-0.05, 0) is 6.26 Å². The molecular formula is C7H8N4S2. The van der Waals surface area contributed by atoms with E-state index in [1.165, 1.54) is 6.33 Å². The third kappa shape index (κ3) is 1.47. The van der Waals surface area contributed by atoms with E-state index in [2.05, 4.69) is 20.3 Å². The molecule has 2 rings (SSSR count). The molecule has 68 valence electrons. The molecule has 0 aliphatic carbocycles. The van der Waals surface area contributed by atoms with Crippen LogP contribution in [0.5, 0.6) is 0 Å². The molecule has 1 N–H and O–H groups in total. The van der Waals surface area contributed by atoms with E-state index < -0.39 is 0 Å². The molecule has 0 unspecified atom stereocenters. The van der Waals surface area contributed by atoms with Gasteiger partial charge in [-0.25, -0.2) is 15.0 Å². The standard InChI is InChI=1S/C7H8N4S2/c1-8-5-4-6(10-3-9-5)11-7(12-2)13-4/h3H,1-2H3,(H,8,9,10). The second kappa shape index (κ2) is 3.47. The number of fused-ring (bicyclic) bond motifs is 1. The molecular weight excluding hydrogens is 204 g/mol. The van der Waals surface area contributed by atoms with E-state index >= 15 is 0 Å². The van der Waals surface area contributed by atoms with Crippen LogP contribution in [0.4, 0.5) is 5.82 Å². The minimum absolute atomic E-state index is 0.772. The van der Waals surface area contributed by atoms with Gasteiger partial charge in [0.25, 0.3) is 0 Å². The van der Waals surface area contributed by atoms with Crippen molar-refractivity contribution in [1.82, 2.24) is 15.0 Å². The topological polar surface area (TPSA) is 50.7 Å². The Kier molecular flexibility index (Phi) is 2.32. The highest BCUT2D eigenvalue weighted by atomic mass is 32.2. The highest BCUT2D eigenvalue weighted by Gasteiger charge is 2.07. The summed E-state index contributed by atoms with van der Waals surface area (Å²) in [5.74, 6) is 0.850. The molecule has 0 aromatic carbocycles. The molecule has 13 heavy (non-hydrogen) atoms. The highest BCUT2D eigenvalue weighted by Crippen LogP contribution is 2.30. The maximum atomic E-state index is 4.33. The van der Waals surface area contributed by atoms with Crippen molar-refractivity contribution in [3.8, 4) is 0 Å². The Labute approximate surface area is 83.8 Å². The van der Waals surface area contributed by atoms with Crippen LogP contribution in [0.3, 0.4) is 0 Å². The Morgan fingerprint density at radius 1 is 1.46 bits per heavy atom. The molecule has 0 radical (unpaired) electrons. The van der Waals surface area contributed by atoms with Gasteiger partial charge in [0.1, 0.15) is 16.8 Å². The van der Waals surface area contributed by atoms with Gasteiger partial charge in [-0.2, -0.15) is 0 Å². The molecule has 6 heteroatoms. The van der Waals surface area contributed by atoms with Crippen molar-refractivity contribution in [3.63, 3.8) is 0 Å². The molecule has 0 bridgehead atoms. The normalized spacial score (nSPS) is 10.6. The Bertz CT molecular complexity index is 425. The Hall–Kier alpha value is -0.880. The zero-order valence-electron chi connectivity index (χ0n) is 7.24. The van der Waals surface area contributed by atoms with Gasteiger partial charge in [-0.15, -0.1) is 11.3 Å². The molecule has 0 spiro atoms. The zero-order chi connectivity index (χ0) is 9.26. The summed E-state index contributed by atoms with van der Waals surface area (Å²) in [7, 11) is 1.85. The first-order valence-electron chi connectivity index (χ1n) is 3.68. The summed E-state index contributed by atoms with van der Waals surface area (Å²) in [5, 5.41) is 3.02. The summed E-state index contributed by atoms with van der Waals surface area (Å²) in [4.78, 5) is 12.5. The van der Waals surface area contributed by atoms with Crippen LogP contribution >= 0.6 is 23.1 Å². The van der Waals surface area contributed by atoms with Crippen LogP contribution in [0.2, 0.25) is 0 Å². The number of thiazole rings is 1. The fraction of sp³-hybridized carbons (Fsp3) is 0.286. The predicted octanol–water partition coefficient (Wildman–Crippen LogP) is 1.85. The fourth-order valence-electron chi connectivity index (χ4n) is 1.00. The summed E-state index contributed by atoms with van der Waals surface area (Å²) in [5.41, 5.74) is 0.772. The van der Waals surface area contributed by atoms with E-state index in [1.54, 1.807) is 23.1 Å². The van der Waals surface area contributed by atoms with Crippen LogP contribution < -0.4 is 5.32 Å². The van der Waals surface area contributed by atoms with Crippen molar-refractivity contribution < 1.29 is 0 Å². The number of rotatable bonds is 2. The SMILES string of the molecule is CNc1ncnc2nc(SC)sc12. The van der Waals surface area contributed by atoms with Crippen molar-refractivity contribution in [2.24, 2.45) is 0 Å². The van der Waals surface area contributed by atoms with Crippen LogP contribution in [-0.2, 0) is 0 Å². The average molecular weight is 212 g/mol. The van der Waals surface area contributed by atoms with Gasteiger partial charge >= 0.3 is 0 Å². The Morgan fingerprint density at radius 3 is 3.00 bits per heavy atom. The second-order valence-electron chi connectivity index (χ2n) is 2.31. The number of hydrogen-bond donors (Lipinski definition) is 1. The van der Waals surface area contributed by atoms with Gasteiger partial charge in [0.2, 0.25) is 0 Å². The molecule has 0 saturated heterocycles. The quantitative estimate of drug-likeness (QED) is 0.770. The van der Waals surface area contributed by atoms with Crippen molar-refractivity contribution in [2.45, 2.75) is 4.34 Å². The molecule has 2 aromatic rings. The van der Waals surface area contributed by atoms with Gasteiger partial charge in [-0.1, -0.05) is 11.8 Å². The average Bonchev–Trinajstić information content (AvgIpc) is 2.59. The lowest BCUT2D eigenvalue weighted by atomic mass is 10.5. The number of nitrogens with one attached hydrogen (secondary N) is 1. The first-order valence-corrected chi connectivity index (χ1v) is 5.72. The van der Waals surface area contributed by atoms with Crippen molar-refractivity contribution in [2.75, 3.05) is 18.6 Å². The third-order valence-electron chi connectivity index (χ3n) is 1.58. The first kappa shape index (κ1) is 8.71. The van der Waals surface area contributed by atoms with Crippen molar-refractivity contribution in [1.29, 1.82) is 0 Å². The Balaban J connectivity index is 2.67. The third-order valence-corrected chi connectivity index (χ3v) is 3.62. The minimum Gasteiger partial charge on any atom is -0.372 e. The largest absolute Gasteiger partial charge is 0.372 e. The number of thioether (sulfide) groups is 1. The molecule has 0 amide bonds. The monoisotopic (exact) mass is 212 g/mol. The first-order chi connectivity index (χ1) is 6.35. The van der Waals surface area contributed by atoms with Gasteiger partial charge in [0.05, 0.1) is 0 Å². The highest BCUT2D eigenvalue weighted by molar-refractivity contribution is 8.00. The summed E-state index contributed by atoms with van der Waals surface area (Å²) in [6.45, 7) is 0. The number of hydrogen-bond acceptors (Lipinski definition) is 6. The van der Waals surface area contributed by atoms with Crippen LogP contribution in [0, 0.1) is 0 Å². The minimum atomic E-state index is 0.772. The maximum Gasteiger partial charge on any atom is 0.176 e. The number of aromatic nitrogens is 3. The Morgan fingerprint density at radius 2 is 2.31 bits per heavy atom. The lowest BCUT2D eigenvalue weighted by molar-refractivity contribution is 1.17. The molecule has 2 aromatic heterocycles. The van der Waals surface area contributed by atoms with E-state index in [4.69, 9.17) is 0 Å². The van der Waals surface area contributed by atoms with Gasteiger partial charge in [0.15, 0.2) is 9.99 Å². The molecule has 0 fully saturated rings. The maximum absolute atomic E-state index is 4.33. The van der Waals surface area contributed by atoms with E-state index in [1.807, 2.05) is 13.3 Å². The van der Waals surface area contributed by atoms with E-state index in [9.17, 15) is 0 Å². The van der Waals surface area contributed by atoms with E-state index in [-0.39, 0.29) is 0 Å². The van der Waals surface area contributed by atoms with Crippen LogP contribution in [0.15, 0.2) is 10.7 Å². The number of anilines is 1. The summed E-state index contributed by atoms with van der Waals surface area (Å²) in [6.07, 6.45) is 3.53. The molecule has 0 saturated carbocycles. The lowest BCUT2D eigenvalue weighted by Gasteiger charge is -1.96. The van der Waals surface area contributed by atoms with E-state index in [0.717, 1.165) is 20.5 Å². The number of nitrogens with zero attached hydrogens (tertiary/aromatic N) is 3. The van der Waals surface area contributed by atoms with Crippen LogP contribution in [-0.4, -0.2) is 28.3 Å². The van der Waals surface area contributed by atoms with Gasteiger partial charge < -0.3 is 5.32 Å². The molecule has 4 nitrogen and oxygen atoms in total. The second-order valence-corrected chi connectivity index (χ2v) is 4.36. The molecule has 0 atom stereocenters. The molecule has 0 aliphatic rings. The van der Waals surface area contributed by atoms with E-state index in [0.29, 0.717) is 0 Å². The summed E-state index contributed by atoms with van der Waals surface area (Å²) >= 11 is 3.24. The van der Waals surface area contributed by atoms with Gasteiger partial charge in [-0.3, -0.25) is 0 Å².